The molecule has 0 unspecified atom stereocenters. The van der Waals surface area contributed by atoms with Crippen LogP contribution in [-0.4, -0.2) is 6.10 Å². The maximum absolute atomic E-state index is 5.75. The number of ether oxygens (including phenoxy) is 1. The molecule has 2 heteroatoms. The van der Waals surface area contributed by atoms with Gasteiger partial charge in [-0.05, 0) is 42.5 Å². The average Bonchev–Trinajstić information content (AvgIpc) is 2.92. The highest BCUT2D eigenvalue weighted by molar-refractivity contribution is 9.10. The van der Waals surface area contributed by atoms with Crippen molar-refractivity contribution < 1.29 is 4.74 Å². The molecule has 14 heavy (non-hydrogen) atoms. The van der Waals surface area contributed by atoms with E-state index in [0.29, 0.717) is 12.0 Å². The molecule has 0 saturated heterocycles. The summed E-state index contributed by atoms with van der Waals surface area (Å²) in [7, 11) is 0. The molecule has 2 rings (SSSR count). The van der Waals surface area contributed by atoms with E-state index < -0.39 is 0 Å². The molecule has 0 aromatic heterocycles. The first kappa shape index (κ1) is 10.0. The zero-order chi connectivity index (χ0) is 10.1. The smallest absolute Gasteiger partial charge is 0.120 e. The first-order chi connectivity index (χ1) is 6.66. The molecule has 1 saturated carbocycles. The largest absolute Gasteiger partial charge is 0.490 e. The van der Waals surface area contributed by atoms with Crippen LogP contribution in [0.15, 0.2) is 22.7 Å². The third kappa shape index (κ3) is 2.30. The summed E-state index contributed by atoms with van der Waals surface area (Å²) >= 11 is 3.56. The third-order valence-corrected chi connectivity index (χ3v) is 3.14. The van der Waals surface area contributed by atoms with E-state index in [1.807, 2.05) is 6.07 Å². The lowest BCUT2D eigenvalue weighted by atomic mass is 10.0. The molecule has 76 valence electrons. The van der Waals surface area contributed by atoms with Gasteiger partial charge in [0.25, 0.3) is 0 Å². The Hall–Kier alpha value is -0.500. The summed E-state index contributed by atoms with van der Waals surface area (Å²) in [6, 6.07) is 6.26. The molecular formula is C12H15BrO. The van der Waals surface area contributed by atoms with Crippen LogP contribution in [0, 0.1) is 0 Å². The lowest BCUT2D eigenvalue weighted by Gasteiger charge is -2.11. The highest BCUT2D eigenvalue weighted by Gasteiger charge is 2.23. The van der Waals surface area contributed by atoms with Gasteiger partial charge in [0, 0.05) is 4.47 Å². The Morgan fingerprint density at radius 2 is 2.07 bits per heavy atom. The van der Waals surface area contributed by atoms with Crippen LogP contribution in [0.2, 0.25) is 0 Å². The summed E-state index contributed by atoms with van der Waals surface area (Å²) in [6.45, 7) is 4.39. The Labute approximate surface area is 93.6 Å². The van der Waals surface area contributed by atoms with Crippen molar-refractivity contribution in [3.05, 3.63) is 28.2 Å². The van der Waals surface area contributed by atoms with Gasteiger partial charge in [0.15, 0.2) is 0 Å². The minimum atomic E-state index is 0.483. The molecule has 0 aliphatic heterocycles. The molecule has 0 N–H and O–H groups in total. The van der Waals surface area contributed by atoms with E-state index in [1.165, 1.54) is 22.9 Å². The molecule has 0 spiro atoms. The van der Waals surface area contributed by atoms with Gasteiger partial charge in [-0.3, -0.25) is 0 Å². The van der Waals surface area contributed by atoms with Crippen LogP contribution in [0.4, 0.5) is 0 Å². The van der Waals surface area contributed by atoms with Crippen molar-refractivity contribution in [2.45, 2.75) is 38.7 Å². The fourth-order valence-corrected chi connectivity index (χ4v) is 2.12. The Morgan fingerprint density at radius 1 is 1.36 bits per heavy atom. The van der Waals surface area contributed by atoms with Gasteiger partial charge in [-0.1, -0.05) is 29.8 Å². The fourth-order valence-electron chi connectivity index (χ4n) is 1.42. The highest BCUT2D eigenvalue weighted by Crippen LogP contribution is 2.32. The molecule has 0 bridgehead atoms. The average molecular weight is 255 g/mol. The maximum atomic E-state index is 5.75. The number of benzene rings is 1. The van der Waals surface area contributed by atoms with Crippen molar-refractivity contribution in [3.8, 4) is 5.75 Å². The van der Waals surface area contributed by atoms with Crippen molar-refractivity contribution >= 4 is 15.9 Å². The van der Waals surface area contributed by atoms with Gasteiger partial charge >= 0.3 is 0 Å². The Bertz CT molecular complexity index is 329. The van der Waals surface area contributed by atoms with Crippen LogP contribution in [0.5, 0.6) is 5.75 Å². The predicted molar refractivity (Wildman–Crippen MR) is 61.9 cm³/mol. The molecule has 0 radical (unpaired) electrons. The van der Waals surface area contributed by atoms with Crippen LogP contribution in [-0.2, 0) is 0 Å². The Morgan fingerprint density at radius 3 is 2.64 bits per heavy atom. The summed E-state index contributed by atoms with van der Waals surface area (Å²) in [6.07, 6.45) is 2.91. The van der Waals surface area contributed by atoms with Gasteiger partial charge in [0.05, 0.1) is 6.10 Å². The molecule has 1 fully saturated rings. The minimum absolute atomic E-state index is 0.483. The molecule has 1 aromatic carbocycles. The number of rotatable bonds is 3. The van der Waals surface area contributed by atoms with E-state index in [4.69, 9.17) is 4.74 Å². The molecular weight excluding hydrogens is 240 g/mol. The van der Waals surface area contributed by atoms with Gasteiger partial charge < -0.3 is 4.74 Å². The Balaban J connectivity index is 2.20. The molecule has 0 amide bonds. The van der Waals surface area contributed by atoms with Crippen molar-refractivity contribution in [2.24, 2.45) is 0 Å². The maximum Gasteiger partial charge on any atom is 0.120 e. The standard InChI is InChI=1S/C12H15BrO/c1-8(2)11-7-10(5-6-12(11)13)14-9-3-4-9/h5-9H,3-4H2,1-2H3. The van der Waals surface area contributed by atoms with E-state index in [9.17, 15) is 0 Å². The predicted octanol–water partition coefficient (Wildman–Crippen LogP) is 4.11. The second-order valence-electron chi connectivity index (χ2n) is 4.16. The van der Waals surface area contributed by atoms with Crippen LogP contribution >= 0.6 is 15.9 Å². The van der Waals surface area contributed by atoms with Gasteiger partial charge in [-0.25, -0.2) is 0 Å². The molecule has 1 nitrogen and oxygen atoms in total. The van der Waals surface area contributed by atoms with Crippen LogP contribution < -0.4 is 4.74 Å². The van der Waals surface area contributed by atoms with Crippen molar-refractivity contribution in [1.29, 1.82) is 0 Å². The summed E-state index contributed by atoms with van der Waals surface area (Å²) < 4.78 is 6.93. The second-order valence-corrected chi connectivity index (χ2v) is 5.01. The van der Waals surface area contributed by atoms with E-state index >= 15 is 0 Å². The first-order valence-corrected chi connectivity index (χ1v) is 5.92. The topological polar surface area (TPSA) is 9.23 Å². The molecule has 1 aliphatic carbocycles. The van der Waals surface area contributed by atoms with E-state index in [0.717, 1.165) is 5.75 Å². The molecule has 1 aromatic rings. The zero-order valence-corrected chi connectivity index (χ0v) is 10.2. The third-order valence-electron chi connectivity index (χ3n) is 2.42. The summed E-state index contributed by atoms with van der Waals surface area (Å²) in [5, 5.41) is 0. The van der Waals surface area contributed by atoms with Crippen LogP contribution in [0.1, 0.15) is 38.2 Å². The Kier molecular flexibility index (Phi) is 2.82. The summed E-state index contributed by atoms with van der Waals surface area (Å²) in [5.74, 6) is 1.55. The van der Waals surface area contributed by atoms with E-state index in [2.05, 4.69) is 41.9 Å². The minimum Gasteiger partial charge on any atom is -0.490 e. The van der Waals surface area contributed by atoms with Gasteiger partial charge in [-0.15, -0.1) is 0 Å². The zero-order valence-electron chi connectivity index (χ0n) is 8.59. The number of hydrogen-bond donors (Lipinski definition) is 0. The molecule has 0 atom stereocenters. The van der Waals surface area contributed by atoms with Gasteiger partial charge in [0.2, 0.25) is 0 Å². The van der Waals surface area contributed by atoms with Gasteiger partial charge in [-0.2, -0.15) is 0 Å². The fraction of sp³-hybridized carbons (Fsp3) is 0.500. The van der Waals surface area contributed by atoms with Crippen molar-refractivity contribution in [3.63, 3.8) is 0 Å². The van der Waals surface area contributed by atoms with Crippen LogP contribution in [0.3, 0.4) is 0 Å². The normalized spacial score (nSPS) is 16.0. The SMILES string of the molecule is CC(C)c1cc(OC2CC2)ccc1Br. The van der Waals surface area contributed by atoms with Crippen LogP contribution in [0.25, 0.3) is 0 Å². The van der Waals surface area contributed by atoms with E-state index in [-0.39, 0.29) is 0 Å². The van der Waals surface area contributed by atoms with Crippen molar-refractivity contribution in [1.82, 2.24) is 0 Å². The van der Waals surface area contributed by atoms with E-state index in [1.54, 1.807) is 0 Å². The monoisotopic (exact) mass is 254 g/mol. The quantitative estimate of drug-likeness (QED) is 0.789. The number of hydrogen-bond acceptors (Lipinski definition) is 1. The number of halogens is 1. The second kappa shape index (κ2) is 3.93. The molecule has 1 aliphatic rings. The van der Waals surface area contributed by atoms with Crippen molar-refractivity contribution in [2.75, 3.05) is 0 Å². The molecule has 0 heterocycles. The lowest BCUT2D eigenvalue weighted by Crippen LogP contribution is -1.97. The first-order valence-electron chi connectivity index (χ1n) is 5.13. The van der Waals surface area contributed by atoms with Gasteiger partial charge in [0.1, 0.15) is 5.75 Å². The lowest BCUT2D eigenvalue weighted by molar-refractivity contribution is 0.302. The summed E-state index contributed by atoms with van der Waals surface area (Å²) in [5.41, 5.74) is 1.32. The highest BCUT2D eigenvalue weighted by atomic mass is 79.9. The summed E-state index contributed by atoms with van der Waals surface area (Å²) in [4.78, 5) is 0.